The maximum atomic E-state index is 14.3. The van der Waals surface area contributed by atoms with Gasteiger partial charge in [-0.15, -0.1) is 5.10 Å². The molecule has 0 saturated heterocycles. The van der Waals surface area contributed by atoms with Crippen molar-refractivity contribution < 1.29 is 18.7 Å². The Morgan fingerprint density at radius 1 is 1.14 bits per heavy atom. The molecule has 1 amide bonds. The molecule has 0 aliphatic carbocycles. The summed E-state index contributed by atoms with van der Waals surface area (Å²) in [6.45, 7) is 5.19. The van der Waals surface area contributed by atoms with Gasteiger partial charge in [-0.3, -0.25) is 10.00 Å². The van der Waals surface area contributed by atoms with Gasteiger partial charge < -0.3 is 9.47 Å². The summed E-state index contributed by atoms with van der Waals surface area (Å²) in [5, 5.41) is 10.3. The van der Waals surface area contributed by atoms with Crippen LogP contribution < -0.4 is 10.1 Å². The molecule has 0 fully saturated rings. The second-order valence-corrected chi connectivity index (χ2v) is 7.18. The van der Waals surface area contributed by atoms with Gasteiger partial charge >= 0.3 is 6.09 Å². The number of rotatable bonds is 4. The van der Waals surface area contributed by atoms with E-state index < -0.39 is 17.5 Å². The van der Waals surface area contributed by atoms with Crippen molar-refractivity contribution in [3.05, 3.63) is 54.5 Å². The van der Waals surface area contributed by atoms with Crippen LogP contribution in [0.5, 0.6) is 11.5 Å². The van der Waals surface area contributed by atoms with Crippen molar-refractivity contribution in [2.24, 2.45) is 7.05 Å². The number of anilines is 1. The lowest BCUT2D eigenvalue weighted by Crippen LogP contribution is -2.27. The number of aromatic nitrogens is 3. The largest absolute Gasteiger partial charge is 0.457 e. The number of hydrogen-bond acceptors (Lipinski definition) is 5. The second-order valence-electron chi connectivity index (χ2n) is 7.18. The molecule has 0 saturated carbocycles. The molecule has 7 nitrogen and oxygen atoms in total. The summed E-state index contributed by atoms with van der Waals surface area (Å²) in [5.74, 6) is 0.187. The van der Waals surface area contributed by atoms with E-state index in [1.54, 1.807) is 56.9 Å². The molecule has 0 bridgehead atoms. The van der Waals surface area contributed by atoms with Crippen LogP contribution in [0.15, 0.2) is 48.7 Å². The van der Waals surface area contributed by atoms with Crippen molar-refractivity contribution in [2.45, 2.75) is 26.4 Å². The Kier molecular flexibility index (Phi) is 5.30. The lowest BCUT2D eigenvalue weighted by atomic mass is 10.1. The molecule has 8 heteroatoms. The number of aryl methyl sites for hydroxylation is 1. The van der Waals surface area contributed by atoms with Crippen LogP contribution in [0.2, 0.25) is 0 Å². The van der Waals surface area contributed by atoms with Crippen LogP contribution in [-0.2, 0) is 11.8 Å². The normalized spacial score (nSPS) is 11.2. The first-order chi connectivity index (χ1) is 13.2. The maximum Gasteiger partial charge on any atom is 0.412 e. The van der Waals surface area contributed by atoms with Crippen LogP contribution >= 0.6 is 0 Å². The fourth-order valence-corrected chi connectivity index (χ4v) is 2.41. The molecule has 146 valence electrons. The highest BCUT2D eigenvalue weighted by molar-refractivity contribution is 5.85. The topological polar surface area (TPSA) is 78.3 Å². The molecule has 3 rings (SSSR count). The Balaban J connectivity index is 1.72. The van der Waals surface area contributed by atoms with Crippen molar-refractivity contribution in [3.8, 4) is 22.8 Å². The third-order valence-corrected chi connectivity index (χ3v) is 3.54. The van der Waals surface area contributed by atoms with Gasteiger partial charge in [0.2, 0.25) is 0 Å². The van der Waals surface area contributed by atoms with Gasteiger partial charge in [0, 0.05) is 18.7 Å². The number of carbonyl (C=O) groups excluding carboxylic acids is 1. The molecule has 0 radical (unpaired) electrons. The number of carbonyl (C=O) groups is 1. The summed E-state index contributed by atoms with van der Waals surface area (Å²) in [5.41, 5.74) is 0.873. The molecule has 0 aliphatic heterocycles. The summed E-state index contributed by atoms with van der Waals surface area (Å²) in [6, 6.07) is 11.4. The summed E-state index contributed by atoms with van der Waals surface area (Å²) >= 11 is 0. The Hall–Kier alpha value is -3.42. The maximum absolute atomic E-state index is 14.3. The highest BCUT2D eigenvalue weighted by atomic mass is 19.1. The van der Waals surface area contributed by atoms with Crippen molar-refractivity contribution in [3.63, 3.8) is 0 Å². The molecular weight excluding hydrogens is 363 g/mol. The SMILES string of the molecule is Cn1cc(-c2cccc(Oc3ccc(NC(=O)OC(C)(C)C)c(F)c3)c2)nn1. The average molecular weight is 384 g/mol. The fraction of sp³-hybridized carbons (Fsp3) is 0.250. The van der Waals surface area contributed by atoms with E-state index in [1.807, 2.05) is 12.1 Å². The van der Waals surface area contributed by atoms with Gasteiger partial charge in [0.1, 0.15) is 22.8 Å². The number of hydrogen-bond donors (Lipinski definition) is 1. The van der Waals surface area contributed by atoms with E-state index in [0.29, 0.717) is 17.2 Å². The second kappa shape index (κ2) is 7.67. The number of amides is 1. The van der Waals surface area contributed by atoms with E-state index in [2.05, 4.69) is 15.6 Å². The van der Waals surface area contributed by atoms with E-state index in [-0.39, 0.29) is 5.69 Å². The molecule has 1 N–H and O–H groups in total. The zero-order valence-electron chi connectivity index (χ0n) is 16.1. The smallest absolute Gasteiger partial charge is 0.412 e. The minimum Gasteiger partial charge on any atom is -0.457 e. The number of benzene rings is 2. The Morgan fingerprint density at radius 3 is 2.54 bits per heavy atom. The first kappa shape index (κ1) is 19.3. The van der Waals surface area contributed by atoms with Gasteiger partial charge in [0.05, 0.1) is 11.9 Å². The lowest BCUT2D eigenvalue weighted by Gasteiger charge is -2.19. The lowest BCUT2D eigenvalue weighted by molar-refractivity contribution is 0.0635. The van der Waals surface area contributed by atoms with Crippen LogP contribution in [0.25, 0.3) is 11.3 Å². The summed E-state index contributed by atoms with van der Waals surface area (Å²) in [4.78, 5) is 11.8. The predicted octanol–water partition coefficient (Wildman–Crippen LogP) is 4.76. The Bertz CT molecular complexity index is 995. The van der Waals surface area contributed by atoms with Crippen molar-refractivity contribution in [1.82, 2.24) is 15.0 Å². The van der Waals surface area contributed by atoms with E-state index >= 15 is 0 Å². The highest BCUT2D eigenvalue weighted by Crippen LogP contribution is 2.28. The molecule has 0 spiro atoms. The van der Waals surface area contributed by atoms with Gasteiger partial charge in [0.25, 0.3) is 0 Å². The quantitative estimate of drug-likeness (QED) is 0.702. The van der Waals surface area contributed by atoms with Gasteiger partial charge in [-0.1, -0.05) is 17.3 Å². The molecule has 1 heterocycles. The monoisotopic (exact) mass is 384 g/mol. The molecule has 0 aliphatic rings. The third-order valence-electron chi connectivity index (χ3n) is 3.54. The molecule has 3 aromatic rings. The Labute approximate surface area is 162 Å². The number of ether oxygens (including phenoxy) is 2. The first-order valence-corrected chi connectivity index (χ1v) is 8.64. The van der Waals surface area contributed by atoms with Crippen LogP contribution in [0.3, 0.4) is 0 Å². The fourth-order valence-electron chi connectivity index (χ4n) is 2.41. The third kappa shape index (κ3) is 5.06. The van der Waals surface area contributed by atoms with Gasteiger partial charge in [-0.05, 0) is 45.0 Å². The van der Waals surface area contributed by atoms with E-state index in [9.17, 15) is 9.18 Å². The number of halogens is 1. The van der Waals surface area contributed by atoms with Crippen LogP contribution in [-0.4, -0.2) is 26.7 Å². The zero-order chi connectivity index (χ0) is 20.3. The Morgan fingerprint density at radius 2 is 1.89 bits per heavy atom. The molecular formula is C20H21FN4O3. The predicted molar refractivity (Wildman–Crippen MR) is 103 cm³/mol. The van der Waals surface area contributed by atoms with Crippen molar-refractivity contribution >= 4 is 11.8 Å². The van der Waals surface area contributed by atoms with E-state index in [4.69, 9.17) is 9.47 Å². The highest BCUT2D eigenvalue weighted by Gasteiger charge is 2.17. The minimum atomic E-state index is -0.725. The summed E-state index contributed by atoms with van der Waals surface area (Å²) < 4.78 is 26.8. The molecule has 1 aromatic heterocycles. The number of nitrogens with one attached hydrogen (secondary N) is 1. The summed E-state index contributed by atoms with van der Waals surface area (Å²) in [7, 11) is 1.78. The molecule has 2 aromatic carbocycles. The van der Waals surface area contributed by atoms with Gasteiger partial charge in [-0.2, -0.15) is 0 Å². The van der Waals surface area contributed by atoms with Gasteiger partial charge in [0.15, 0.2) is 5.82 Å². The standard InChI is InChI=1S/C20H21FN4O3/c1-20(2,3)28-19(26)22-17-9-8-15(11-16(17)21)27-14-7-5-6-13(10-14)18-12-25(4)24-23-18/h5-12H,1-4H3,(H,22,26). The van der Waals surface area contributed by atoms with Crippen LogP contribution in [0.1, 0.15) is 20.8 Å². The van der Waals surface area contributed by atoms with Crippen LogP contribution in [0.4, 0.5) is 14.9 Å². The molecule has 0 atom stereocenters. The number of nitrogens with zero attached hydrogens (tertiary/aromatic N) is 3. The molecule has 0 unspecified atom stereocenters. The van der Waals surface area contributed by atoms with E-state index in [1.165, 1.54) is 12.1 Å². The van der Waals surface area contributed by atoms with Crippen molar-refractivity contribution in [2.75, 3.05) is 5.32 Å². The zero-order valence-corrected chi connectivity index (χ0v) is 16.1. The molecule has 28 heavy (non-hydrogen) atoms. The van der Waals surface area contributed by atoms with Gasteiger partial charge in [-0.25, -0.2) is 9.18 Å². The van der Waals surface area contributed by atoms with E-state index in [0.717, 1.165) is 5.56 Å². The summed E-state index contributed by atoms with van der Waals surface area (Å²) in [6.07, 6.45) is 1.06. The van der Waals surface area contributed by atoms with Crippen molar-refractivity contribution in [1.29, 1.82) is 0 Å². The minimum absolute atomic E-state index is 0.00918. The van der Waals surface area contributed by atoms with Crippen LogP contribution in [0, 0.1) is 5.82 Å². The first-order valence-electron chi connectivity index (χ1n) is 8.64. The average Bonchev–Trinajstić information content (AvgIpc) is 3.02.